The summed E-state index contributed by atoms with van der Waals surface area (Å²) in [6.45, 7) is 6.88. The maximum absolute atomic E-state index is 5.95. The van der Waals surface area contributed by atoms with Crippen LogP contribution in [0.25, 0.3) is 0 Å². The molecule has 1 N–H and O–H groups in total. The molecule has 0 amide bonds. The fourth-order valence-electron chi connectivity index (χ4n) is 3.29. The fourth-order valence-corrected chi connectivity index (χ4v) is 3.29. The maximum atomic E-state index is 5.95. The third-order valence-corrected chi connectivity index (χ3v) is 4.44. The van der Waals surface area contributed by atoms with Crippen molar-refractivity contribution in [3.8, 4) is 0 Å². The minimum atomic E-state index is 0.565. The first-order chi connectivity index (χ1) is 7.88. The van der Waals surface area contributed by atoms with Gasteiger partial charge in [0.05, 0.1) is 6.10 Å². The number of ether oxygens (including phenoxy) is 1. The van der Waals surface area contributed by atoms with E-state index >= 15 is 0 Å². The lowest BCUT2D eigenvalue weighted by molar-refractivity contribution is 0.0352. The summed E-state index contributed by atoms with van der Waals surface area (Å²) in [6.07, 6.45) is 5.89. The van der Waals surface area contributed by atoms with Crippen LogP contribution in [-0.2, 0) is 4.74 Å². The molecule has 1 aliphatic carbocycles. The van der Waals surface area contributed by atoms with Gasteiger partial charge in [-0.15, -0.1) is 0 Å². The molecule has 0 bridgehead atoms. The first-order valence-corrected chi connectivity index (χ1v) is 6.97. The topological polar surface area (TPSA) is 24.5 Å². The van der Waals surface area contributed by atoms with Crippen molar-refractivity contribution < 1.29 is 4.74 Å². The molecule has 1 saturated carbocycles. The lowest BCUT2D eigenvalue weighted by atomic mass is 10.0. The molecular weight excluding hydrogens is 200 g/mol. The second-order valence-electron chi connectivity index (χ2n) is 5.58. The second-order valence-corrected chi connectivity index (χ2v) is 5.58. The fraction of sp³-hybridized carbons (Fsp3) is 1.00. The average molecular weight is 224 g/mol. The summed E-state index contributed by atoms with van der Waals surface area (Å²) in [5, 5.41) is 3.60. The maximum Gasteiger partial charge on any atom is 0.0759 e. The summed E-state index contributed by atoms with van der Waals surface area (Å²) < 4.78 is 5.95. The Balaban J connectivity index is 1.62. The van der Waals surface area contributed by atoms with Crippen molar-refractivity contribution in [2.75, 3.05) is 26.2 Å². The molecule has 3 atom stereocenters. The summed E-state index contributed by atoms with van der Waals surface area (Å²) in [6, 6.07) is 1.43. The van der Waals surface area contributed by atoms with E-state index < -0.39 is 0 Å². The number of piperazine rings is 1. The van der Waals surface area contributed by atoms with Crippen LogP contribution in [0.3, 0.4) is 0 Å². The van der Waals surface area contributed by atoms with E-state index in [0.29, 0.717) is 12.1 Å². The van der Waals surface area contributed by atoms with E-state index in [4.69, 9.17) is 4.74 Å². The first-order valence-electron chi connectivity index (χ1n) is 6.97. The van der Waals surface area contributed by atoms with Gasteiger partial charge in [0.1, 0.15) is 0 Å². The number of nitrogens with zero attached hydrogens (tertiary/aromatic N) is 1. The van der Waals surface area contributed by atoms with Gasteiger partial charge in [-0.3, -0.25) is 4.90 Å². The minimum Gasteiger partial charge on any atom is -0.376 e. The van der Waals surface area contributed by atoms with E-state index in [1.54, 1.807) is 0 Å². The highest BCUT2D eigenvalue weighted by atomic mass is 16.5. The molecule has 92 valence electrons. The Morgan fingerprint density at radius 3 is 2.94 bits per heavy atom. The molecule has 0 aromatic carbocycles. The van der Waals surface area contributed by atoms with Gasteiger partial charge in [-0.05, 0) is 31.6 Å². The second kappa shape index (κ2) is 4.63. The molecule has 3 nitrogen and oxygen atoms in total. The van der Waals surface area contributed by atoms with Gasteiger partial charge in [0.2, 0.25) is 0 Å². The molecule has 0 spiro atoms. The van der Waals surface area contributed by atoms with Gasteiger partial charge in [-0.25, -0.2) is 0 Å². The van der Waals surface area contributed by atoms with Crippen LogP contribution in [0.1, 0.15) is 32.6 Å². The predicted molar refractivity (Wildman–Crippen MR) is 64.5 cm³/mol. The van der Waals surface area contributed by atoms with Gasteiger partial charge in [0.15, 0.2) is 0 Å². The quantitative estimate of drug-likeness (QED) is 0.780. The zero-order valence-corrected chi connectivity index (χ0v) is 10.3. The highest BCUT2D eigenvalue weighted by molar-refractivity contribution is 4.96. The van der Waals surface area contributed by atoms with Crippen LogP contribution in [0.4, 0.5) is 0 Å². The first kappa shape index (κ1) is 11.0. The van der Waals surface area contributed by atoms with E-state index in [0.717, 1.165) is 25.1 Å². The molecule has 3 fully saturated rings. The van der Waals surface area contributed by atoms with E-state index in [9.17, 15) is 0 Å². The monoisotopic (exact) mass is 224 g/mol. The molecule has 3 unspecified atom stereocenters. The lowest BCUT2D eigenvalue weighted by Crippen LogP contribution is -2.55. The highest BCUT2D eigenvalue weighted by Gasteiger charge is 2.43. The van der Waals surface area contributed by atoms with Crippen molar-refractivity contribution in [2.45, 2.75) is 50.8 Å². The van der Waals surface area contributed by atoms with Crippen LogP contribution in [0.2, 0.25) is 0 Å². The third kappa shape index (κ3) is 2.13. The van der Waals surface area contributed by atoms with Crippen LogP contribution in [0.15, 0.2) is 0 Å². The van der Waals surface area contributed by atoms with Crippen LogP contribution in [0.5, 0.6) is 0 Å². The smallest absolute Gasteiger partial charge is 0.0759 e. The van der Waals surface area contributed by atoms with Crippen molar-refractivity contribution >= 4 is 0 Å². The minimum absolute atomic E-state index is 0.565. The van der Waals surface area contributed by atoms with E-state index in [-0.39, 0.29) is 0 Å². The number of nitrogens with one attached hydrogen (secondary N) is 1. The zero-order valence-electron chi connectivity index (χ0n) is 10.3. The number of hydrogen-bond acceptors (Lipinski definition) is 3. The van der Waals surface area contributed by atoms with Crippen LogP contribution in [-0.4, -0.2) is 49.3 Å². The third-order valence-electron chi connectivity index (χ3n) is 4.44. The summed E-state index contributed by atoms with van der Waals surface area (Å²) in [7, 11) is 0. The van der Waals surface area contributed by atoms with E-state index in [2.05, 4.69) is 17.1 Å². The molecule has 16 heavy (non-hydrogen) atoms. The normalized spacial score (nSPS) is 41.4. The Kier molecular flexibility index (Phi) is 3.18. The number of rotatable bonds is 3. The molecule has 3 rings (SSSR count). The van der Waals surface area contributed by atoms with Gasteiger partial charge in [0.25, 0.3) is 0 Å². The standard InChI is InChI=1S/C13H24N2O/c1-2-11-9-15(7-6-14-11)12-5-8-16-13(12)10-3-4-10/h10-14H,2-9H2,1H3. The molecule has 0 radical (unpaired) electrons. The summed E-state index contributed by atoms with van der Waals surface area (Å²) in [5.74, 6) is 0.891. The van der Waals surface area contributed by atoms with E-state index in [1.165, 1.54) is 38.8 Å². The SMILES string of the molecule is CCC1CN(C2CCOC2C2CC2)CCN1. The summed E-state index contributed by atoms with van der Waals surface area (Å²) in [4.78, 5) is 2.70. The Morgan fingerprint density at radius 2 is 2.19 bits per heavy atom. The number of hydrogen-bond donors (Lipinski definition) is 1. The highest BCUT2D eigenvalue weighted by Crippen LogP contribution is 2.40. The zero-order chi connectivity index (χ0) is 11.0. The van der Waals surface area contributed by atoms with Gasteiger partial charge < -0.3 is 10.1 Å². The van der Waals surface area contributed by atoms with Gasteiger partial charge in [0, 0.05) is 38.3 Å². The average Bonchev–Trinajstić information content (AvgIpc) is 3.07. The Morgan fingerprint density at radius 1 is 1.31 bits per heavy atom. The van der Waals surface area contributed by atoms with Gasteiger partial charge >= 0.3 is 0 Å². The van der Waals surface area contributed by atoms with Crippen molar-refractivity contribution in [3.05, 3.63) is 0 Å². The van der Waals surface area contributed by atoms with Crippen LogP contribution < -0.4 is 5.32 Å². The molecule has 2 heterocycles. The largest absolute Gasteiger partial charge is 0.376 e. The predicted octanol–water partition coefficient (Wildman–Crippen LogP) is 1.24. The van der Waals surface area contributed by atoms with Crippen molar-refractivity contribution in [3.63, 3.8) is 0 Å². The molecule has 3 aliphatic rings. The molecule has 0 aromatic heterocycles. The Bertz CT molecular complexity index is 242. The van der Waals surface area contributed by atoms with Crippen LogP contribution in [0, 0.1) is 5.92 Å². The molecule has 0 aromatic rings. The molecule has 2 saturated heterocycles. The van der Waals surface area contributed by atoms with Crippen molar-refractivity contribution in [1.29, 1.82) is 0 Å². The van der Waals surface area contributed by atoms with Crippen molar-refractivity contribution in [1.82, 2.24) is 10.2 Å². The van der Waals surface area contributed by atoms with Gasteiger partial charge in [-0.1, -0.05) is 6.92 Å². The summed E-state index contributed by atoms with van der Waals surface area (Å²) >= 11 is 0. The van der Waals surface area contributed by atoms with Crippen molar-refractivity contribution in [2.24, 2.45) is 5.92 Å². The lowest BCUT2D eigenvalue weighted by Gasteiger charge is -2.39. The molecule has 3 heteroatoms. The van der Waals surface area contributed by atoms with Crippen LogP contribution >= 0.6 is 0 Å². The summed E-state index contributed by atoms with van der Waals surface area (Å²) in [5.41, 5.74) is 0. The van der Waals surface area contributed by atoms with E-state index in [1.807, 2.05) is 0 Å². The Labute approximate surface area is 98.5 Å². The molecular formula is C13H24N2O. The molecule has 2 aliphatic heterocycles. The van der Waals surface area contributed by atoms with Gasteiger partial charge in [-0.2, -0.15) is 0 Å². The Hall–Kier alpha value is -0.120.